The number of amides is 4. The van der Waals surface area contributed by atoms with E-state index in [2.05, 4.69) is 28.6 Å². The highest BCUT2D eigenvalue weighted by Crippen LogP contribution is 1.98. The molecule has 14 heteroatoms. The Morgan fingerprint density at radius 2 is 1.43 bits per heavy atom. The highest BCUT2D eigenvalue weighted by atomic mass is 32.1. The molecule has 4 amide bonds. The van der Waals surface area contributed by atoms with Crippen molar-refractivity contribution < 1.29 is 39.0 Å². The fraction of sp³-hybridized carbons (Fsp3) is 0.571. The van der Waals surface area contributed by atoms with Crippen LogP contribution in [0.3, 0.4) is 0 Å². The van der Waals surface area contributed by atoms with Gasteiger partial charge in [-0.1, -0.05) is 0 Å². The maximum absolute atomic E-state index is 12.2. The summed E-state index contributed by atoms with van der Waals surface area (Å²) in [5, 5.41) is 24.1. The first-order valence-corrected chi connectivity index (χ1v) is 8.52. The molecule has 0 aliphatic heterocycles. The lowest BCUT2D eigenvalue weighted by Gasteiger charge is -2.22. The predicted octanol–water partition coefficient (Wildman–Crippen LogP) is -3.85. The summed E-state index contributed by atoms with van der Waals surface area (Å²) in [5.41, 5.74) is 10.3. The zero-order chi connectivity index (χ0) is 22.0. The SMILES string of the molecule is CC(NC(=O)C(CC(=O)O)NC(=O)C(N)CC(N)=O)C(=O)NC(CS)C(=O)O. The first kappa shape index (κ1) is 25.1. The van der Waals surface area contributed by atoms with Gasteiger partial charge in [-0.25, -0.2) is 4.79 Å². The number of nitrogens with one attached hydrogen (secondary N) is 3. The third-order valence-electron chi connectivity index (χ3n) is 3.32. The van der Waals surface area contributed by atoms with E-state index in [1.165, 1.54) is 6.92 Å². The number of aliphatic carboxylic acids is 2. The van der Waals surface area contributed by atoms with E-state index >= 15 is 0 Å². The van der Waals surface area contributed by atoms with E-state index in [9.17, 15) is 28.8 Å². The third kappa shape index (κ3) is 9.18. The van der Waals surface area contributed by atoms with Gasteiger partial charge in [-0.15, -0.1) is 0 Å². The molecule has 0 aromatic heterocycles. The van der Waals surface area contributed by atoms with Crippen molar-refractivity contribution >= 4 is 48.2 Å². The molecule has 0 aliphatic carbocycles. The minimum Gasteiger partial charge on any atom is -0.481 e. The molecular weight excluding hydrogens is 398 g/mol. The van der Waals surface area contributed by atoms with Gasteiger partial charge in [0, 0.05) is 5.75 Å². The molecule has 0 spiro atoms. The van der Waals surface area contributed by atoms with Crippen molar-refractivity contribution in [1.82, 2.24) is 16.0 Å². The number of hydrogen-bond donors (Lipinski definition) is 8. The number of nitrogens with two attached hydrogens (primary N) is 2. The van der Waals surface area contributed by atoms with Crippen LogP contribution in [0.1, 0.15) is 19.8 Å². The second-order valence-corrected chi connectivity index (χ2v) is 6.11. The summed E-state index contributed by atoms with van der Waals surface area (Å²) in [5.74, 6) is -6.70. The molecule has 0 aliphatic rings. The third-order valence-corrected chi connectivity index (χ3v) is 3.68. The molecule has 0 rings (SSSR count). The van der Waals surface area contributed by atoms with Crippen molar-refractivity contribution in [2.24, 2.45) is 11.5 Å². The second-order valence-electron chi connectivity index (χ2n) is 5.75. The number of carbonyl (C=O) groups is 6. The van der Waals surface area contributed by atoms with Gasteiger partial charge in [0.25, 0.3) is 0 Å². The molecule has 0 saturated heterocycles. The number of thiol groups is 1. The highest BCUT2D eigenvalue weighted by molar-refractivity contribution is 7.80. The molecule has 9 N–H and O–H groups in total. The quantitative estimate of drug-likeness (QED) is 0.144. The average Bonchev–Trinajstić information content (AvgIpc) is 2.57. The van der Waals surface area contributed by atoms with Crippen LogP contribution in [-0.2, 0) is 28.8 Å². The number of hydrogen-bond acceptors (Lipinski definition) is 8. The lowest BCUT2D eigenvalue weighted by molar-refractivity contribution is -0.142. The Morgan fingerprint density at radius 1 is 0.893 bits per heavy atom. The standard InChI is InChI=1S/C14H23N5O8S/c1-5(11(23)19-8(4-28)14(26)27)17-13(25)7(3-10(21)22)18-12(24)6(15)2-9(16)20/h5-8,28H,2-4,15H2,1H3,(H2,16,20)(H,17,25)(H,18,24)(H,19,23)(H,21,22)(H,26,27). The molecule has 28 heavy (non-hydrogen) atoms. The molecule has 0 aromatic carbocycles. The highest BCUT2D eigenvalue weighted by Gasteiger charge is 2.29. The fourth-order valence-corrected chi connectivity index (χ4v) is 2.08. The molecule has 4 unspecified atom stereocenters. The van der Waals surface area contributed by atoms with Crippen LogP contribution in [0.4, 0.5) is 0 Å². The van der Waals surface area contributed by atoms with E-state index in [0.29, 0.717) is 0 Å². The normalized spacial score (nSPS) is 14.7. The van der Waals surface area contributed by atoms with Crippen molar-refractivity contribution in [2.45, 2.75) is 43.9 Å². The largest absolute Gasteiger partial charge is 0.481 e. The summed E-state index contributed by atoms with van der Waals surface area (Å²) in [4.78, 5) is 68.7. The molecular formula is C14H23N5O8S. The molecule has 158 valence electrons. The first-order valence-electron chi connectivity index (χ1n) is 7.89. The Morgan fingerprint density at radius 3 is 1.86 bits per heavy atom. The Bertz CT molecular complexity index is 643. The minimum absolute atomic E-state index is 0.197. The second kappa shape index (κ2) is 11.8. The summed E-state index contributed by atoms with van der Waals surface area (Å²) < 4.78 is 0. The smallest absolute Gasteiger partial charge is 0.327 e. The number of carboxylic acid groups (broad SMARTS) is 2. The number of rotatable bonds is 12. The summed E-state index contributed by atoms with van der Waals surface area (Å²) in [6.07, 6.45) is -1.35. The van der Waals surface area contributed by atoms with Gasteiger partial charge in [-0.2, -0.15) is 12.6 Å². The van der Waals surface area contributed by atoms with Crippen LogP contribution in [0, 0.1) is 0 Å². The zero-order valence-corrected chi connectivity index (χ0v) is 15.8. The Hall–Kier alpha value is -2.87. The van der Waals surface area contributed by atoms with E-state index in [0.717, 1.165) is 0 Å². The Labute approximate surface area is 165 Å². The number of carboxylic acids is 2. The van der Waals surface area contributed by atoms with Crippen LogP contribution in [0.5, 0.6) is 0 Å². The number of carbonyl (C=O) groups excluding carboxylic acids is 4. The van der Waals surface area contributed by atoms with Crippen molar-refractivity contribution in [3.63, 3.8) is 0 Å². The van der Waals surface area contributed by atoms with Gasteiger partial charge >= 0.3 is 11.9 Å². The van der Waals surface area contributed by atoms with E-state index < -0.39 is 72.6 Å². The molecule has 0 heterocycles. The fourth-order valence-electron chi connectivity index (χ4n) is 1.83. The molecule has 13 nitrogen and oxygen atoms in total. The maximum atomic E-state index is 12.2. The van der Waals surface area contributed by atoms with E-state index in [1.807, 2.05) is 0 Å². The van der Waals surface area contributed by atoms with Crippen LogP contribution in [0.25, 0.3) is 0 Å². The lowest BCUT2D eigenvalue weighted by atomic mass is 10.1. The topological polar surface area (TPSA) is 231 Å². The average molecular weight is 421 g/mol. The lowest BCUT2D eigenvalue weighted by Crippen LogP contribution is -2.57. The van der Waals surface area contributed by atoms with Crippen LogP contribution in [0.2, 0.25) is 0 Å². The van der Waals surface area contributed by atoms with Crippen LogP contribution < -0.4 is 27.4 Å². The van der Waals surface area contributed by atoms with Gasteiger partial charge in [0.1, 0.15) is 18.1 Å². The van der Waals surface area contributed by atoms with Gasteiger partial charge in [-0.3, -0.25) is 24.0 Å². The maximum Gasteiger partial charge on any atom is 0.327 e. The van der Waals surface area contributed by atoms with Crippen molar-refractivity contribution in [1.29, 1.82) is 0 Å². The molecule has 0 fully saturated rings. The molecule has 0 bridgehead atoms. The van der Waals surface area contributed by atoms with Gasteiger partial charge in [0.05, 0.1) is 18.9 Å². The number of primary amides is 1. The summed E-state index contributed by atoms with van der Waals surface area (Å²) >= 11 is 3.78. The van der Waals surface area contributed by atoms with Crippen molar-refractivity contribution in [3.05, 3.63) is 0 Å². The molecule has 4 atom stereocenters. The van der Waals surface area contributed by atoms with Gasteiger partial charge in [0.15, 0.2) is 0 Å². The van der Waals surface area contributed by atoms with Gasteiger partial charge in [-0.05, 0) is 6.92 Å². The monoisotopic (exact) mass is 421 g/mol. The van der Waals surface area contributed by atoms with Crippen molar-refractivity contribution in [2.75, 3.05) is 5.75 Å². The Balaban J connectivity index is 5.03. The minimum atomic E-state index is -1.60. The van der Waals surface area contributed by atoms with Gasteiger partial charge in [0.2, 0.25) is 23.6 Å². The Kier molecular flexibility index (Phi) is 10.6. The van der Waals surface area contributed by atoms with E-state index in [-0.39, 0.29) is 5.75 Å². The van der Waals surface area contributed by atoms with E-state index in [1.54, 1.807) is 0 Å². The predicted molar refractivity (Wildman–Crippen MR) is 97.0 cm³/mol. The molecule has 0 saturated carbocycles. The van der Waals surface area contributed by atoms with Gasteiger partial charge < -0.3 is 37.6 Å². The van der Waals surface area contributed by atoms with Crippen LogP contribution in [0.15, 0.2) is 0 Å². The van der Waals surface area contributed by atoms with E-state index in [4.69, 9.17) is 21.7 Å². The molecule has 0 radical (unpaired) electrons. The van der Waals surface area contributed by atoms with Crippen LogP contribution in [-0.4, -0.2) is 75.7 Å². The zero-order valence-electron chi connectivity index (χ0n) is 14.9. The summed E-state index contributed by atoms with van der Waals surface area (Å²) in [6, 6.07) is -5.54. The molecule has 0 aromatic rings. The van der Waals surface area contributed by atoms with Crippen LogP contribution >= 0.6 is 12.6 Å². The summed E-state index contributed by atoms with van der Waals surface area (Å²) in [6.45, 7) is 1.23. The first-order chi connectivity index (χ1) is 12.9. The summed E-state index contributed by atoms with van der Waals surface area (Å²) in [7, 11) is 0. The van der Waals surface area contributed by atoms with Crippen molar-refractivity contribution in [3.8, 4) is 0 Å².